The number of benzene rings is 1. The molecule has 0 aliphatic carbocycles. The molecule has 21 heavy (non-hydrogen) atoms. The average Bonchev–Trinajstić information content (AvgIpc) is 3.07. The van der Waals surface area contributed by atoms with Gasteiger partial charge in [0.15, 0.2) is 11.6 Å². The minimum atomic E-state index is 0.286. The zero-order valence-electron chi connectivity index (χ0n) is 12.1. The first-order chi connectivity index (χ1) is 10.1. The SMILES string of the molecule is CC(C)n1cc(-c2nc(-c3ccccc3)n(N)c2N)cn1. The smallest absolute Gasteiger partial charge is 0.160 e. The molecule has 6 heteroatoms. The number of rotatable bonds is 3. The lowest BCUT2D eigenvalue weighted by molar-refractivity contribution is 0.532. The second-order valence-corrected chi connectivity index (χ2v) is 5.21. The van der Waals surface area contributed by atoms with Crippen LogP contribution in [-0.2, 0) is 0 Å². The number of aromatic nitrogens is 4. The van der Waals surface area contributed by atoms with E-state index in [0.717, 1.165) is 11.1 Å². The molecule has 0 spiro atoms. The molecule has 0 unspecified atom stereocenters. The normalized spacial score (nSPS) is 11.2. The number of nitrogen functional groups attached to an aromatic ring is 2. The molecule has 108 valence electrons. The van der Waals surface area contributed by atoms with Crippen LogP contribution >= 0.6 is 0 Å². The molecule has 0 saturated heterocycles. The fourth-order valence-electron chi connectivity index (χ4n) is 2.19. The van der Waals surface area contributed by atoms with Crippen LogP contribution in [0.2, 0.25) is 0 Å². The molecule has 3 aromatic rings. The van der Waals surface area contributed by atoms with Crippen molar-refractivity contribution in [2.75, 3.05) is 11.6 Å². The van der Waals surface area contributed by atoms with Crippen molar-refractivity contribution in [1.29, 1.82) is 0 Å². The molecule has 1 aromatic carbocycles. The van der Waals surface area contributed by atoms with Gasteiger partial charge in [-0.15, -0.1) is 0 Å². The lowest BCUT2D eigenvalue weighted by Gasteiger charge is -2.03. The Labute approximate surface area is 123 Å². The number of hydrogen-bond donors (Lipinski definition) is 2. The lowest BCUT2D eigenvalue weighted by Crippen LogP contribution is -2.13. The van der Waals surface area contributed by atoms with Crippen LogP contribution in [0.15, 0.2) is 42.7 Å². The van der Waals surface area contributed by atoms with E-state index < -0.39 is 0 Å². The van der Waals surface area contributed by atoms with Crippen LogP contribution in [0.4, 0.5) is 5.82 Å². The maximum absolute atomic E-state index is 6.10. The van der Waals surface area contributed by atoms with E-state index in [0.29, 0.717) is 17.3 Å². The van der Waals surface area contributed by atoms with Crippen molar-refractivity contribution >= 4 is 5.82 Å². The first-order valence-corrected chi connectivity index (χ1v) is 6.81. The highest BCUT2D eigenvalue weighted by Gasteiger charge is 2.17. The topological polar surface area (TPSA) is 87.7 Å². The molecule has 0 atom stereocenters. The van der Waals surface area contributed by atoms with Gasteiger partial charge in [0.25, 0.3) is 0 Å². The van der Waals surface area contributed by atoms with E-state index in [1.165, 1.54) is 4.68 Å². The van der Waals surface area contributed by atoms with Crippen molar-refractivity contribution < 1.29 is 0 Å². The van der Waals surface area contributed by atoms with Crippen LogP contribution in [-0.4, -0.2) is 19.4 Å². The predicted octanol–water partition coefficient (Wildman–Crippen LogP) is 2.29. The van der Waals surface area contributed by atoms with Gasteiger partial charge in [0.2, 0.25) is 0 Å². The van der Waals surface area contributed by atoms with Gasteiger partial charge in [-0.1, -0.05) is 30.3 Å². The van der Waals surface area contributed by atoms with E-state index in [2.05, 4.69) is 23.9 Å². The molecular formula is C15H18N6. The zero-order valence-corrected chi connectivity index (χ0v) is 12.1. The van der Waals surface area contributed by atoms with Gasteiger partial charge in [-0.3, -0.25) is 4.68 Å². The molecule has 4 N–H and O–H groups in total. The van der Waals surface area contributed by atoms with Crippen molar-refractivity contribution in [1.82, 2.24) is 19.4 Å². The highest BCUT2D eigenvalue weighted by Crippen LogP contribution is 2.29. The third-order valence-corrected chi connectivity index (χ3v) is 3.38. The van der Waals surface area contributed by atoms with Gasteiger partial charge >= 0.3 is 0 Å². The summed E-state index contributed by atoms with van der Waals surface area (Å²) < 4.78 is 3.28. The summed E-state index contributed by atoms with van der Waals surface area (Å²) in [5.74, 6) is 7.11. The van der Waals surface area contributed by atoms with Gasteiger partial charge in [0.05, 0.1) is 6.20 Å². The van der Waals surface area contributed by atoms with Crippen LogP contribution in [0.5, 0.6) is 0 Å². The molecular weight excluding hydrogens is 264 g/mol. The van der Waals surface area contributed by atoms with Gasteiger partial charge < -0.3 is 11.6 Å². The van der Waals surface area contributed by atoms with Gasteiger partial charge in [-0.05, 0) is 13.8 Å². The van der Waals surface area contributed by atoms with Crippen LogP contribution in [0, 0.1) is 0 Å². The molecule has 0 bridgehead atoms. The first-order valence-electron chi connectivity index (χ1n) is 6.81. The second-order valence-electron chi connectivity index (χ2n) is 5.21. The zero-order chi connectivity index (χ0) is 15.0. The minimum absolute atomic E-state index is 0.286. The van der Waals surface area contributed by atoms with Crippen molar-refractivity contribution in [3.8, 4) is 22.6 Å². The lowest BCUT2D eigenvalue weighted by atomic mass is 10.2. The standard InChI is InChI=1S/C15H18N6/c1-10(2)20-9-12(8-18-20)13-14(16)21(17)15(19-13)11-6-4-3-5-7-11/h3-10H,16-17H2,1-2H3. The summed E-state index contributed by atoms with van der Waals surface area (Å²) in [6.45, 7) is 4.13. The first kappa shape index (κ1) is 13.2. The Morgan fingerprint density at radius 1 is 1.10 bits per heavy atom. The number of nitrogens with zero attached hydrogens (tertiary/aromatic N) is 4. The largest absolute Gasteiger partial charge is 0.382 e. The molecule has 2 aromatic heterocycles. The summed E-state index contributed by atoms with van der Waals surface area (Å²) in [4.78, 5) is 4.58. The third-order valence-electron chi connectivity index (χ3n) is 3.38. The summed E-state index contributed by atoms with van der Waals surface area (Å²) in [6, 6.07) is 10.0. The van der Waals surface area contributed by atoms with E-state index >= 15 is 0 Å². The van der Waals surface area contributed by atoms with Crippen molar-refractivity contribution in [3.63, 3.8) is 0 Å². The fraction of sp³-hybridized carbons (Fsp3) is 0.200. The van der Waals surface area contributed by atoms with Crippen LogP contribution in [0.25, 0.3) is 22.6 Å². The maximum atomic E-state index is 6.10. The van der Waals surface area contributed by atoms with E-state index in [1.54, 1.807) is 6.20 Å². The monoisotopic (exact) mass is 282 g/mol. The summed E-state index contributed by atoms with van der Waals surface area (Å²) in [7, 11) is 0. The van der Waals surface area contributed by atoms with Gasteiger partial charge in [-0.25, -0.2) is 9.66 Å². The second kappa shape index (κ2) is 4.97. The van der Waals surface area contributed by atoms with E-state index in [-0.39, 0.29) is 6.04 Å². The number of anilines is 1. The minimum Gasteiger partial charge on any atom is -0.382 e. The molecule has 3 rings (SSSR count). The van der Waals surface area contributed by atoms with Crippen molar-refractivity contribution in [2.45, 2.75) is 19.9 Å². The highest BCUT2D eigenvalue weighted by molar-refractivity contribution is 5.74. The Bertz CT molecular complexity index is 754. The molecule has 0 fully saturated rings. The fourth-order valence-corrected chi connectivity index (χ4v) is 2.19. The van der Waals surface area contributed by atoms with Gasteiger partial charge in [0, 0.05) is 23.4 Å². The van der Waals surface area contributed by atoms with E-state index in [1.807, 2.05) is 41.2 Å². The summed E-state index contributed by atoms with van der Waals surface area (Å²) in [5.41, 5.74) is 8.54. The van der Waals surface area contributed by atoms with Gasteiger partial charge in [0.1, 0.15) is 5.69 Å². The van der Waals surface area contributed by atoms with Crippen LogP contribution in [0.1, 0.15) is 19.9 Å². The number of imidazole rings is 1. The molecule has 0 aliphatic rings. The van der Waals surface area contributed by atoms with E-state index in [4.69, 9.17) is 11.6 Å². The molecule has 6 nitrogen and oxygen atoms in total. The summed E-state index contributed by atoms with van der Waals surface area (Å²) >= 11 is 0. The van der Waals surface area contributed by atoms with Crippen LogP contribution in [0.3, 0.4) is 0 Å². The van der Waals surface area contributed by atoms with Gasteiger partial charge in [-0.2, -0.15) is 5.10 Å². The maximum Gasteiger partial charge on any atom is 0.160 e. The number of nitrogens with two attached hydrogens (primary N) is 2. The predicted molar refractivity (Wildman–Crippen MR) is 83.8 cm³/mol. The Kier molecular flexibility index (Phi) is 3.13. The van der Waals surface area contributed by atoms with Crippen molar-refractivity contribution in [3.05, 3.63) is 42.7 Å². The van der Waals surface area contributed by atoms with Crippen LogP contribution < -0.4 is 11.6 Å². The molecule has 0 saturated carbocycles. The highest BCUT2D eigenvalue weighted by atomic mass is 15.4. The van der Waals surface area contributed by atoms with E-state index in [9.17, 15) is 0 Å². The summed E-state index contributed by atoms with van der Waals surface area (Å²) in [5, 5.41) is 4.32. The Morgan fingerprint density at radius 3 is 2.43 bits per heavy atom. The Morgan fingerprint density at radius 2 is 1.81 bits per heavy atom. The molecule has 2 heterocycles. The molecule has 0 aliphatic heterocycles. The third kappa shape index (κ3) is 2.24. The number of hydrogen-bond acceptors (Lipinski definition) is 4. The quantitative estimate of drug-likeness (QED) is 0.721. The Hall–Kier alpha value is -2.76. The van der Waals surface area contributed by atoms with Crippen molar-refractivity contribution in [2.24, 2.45) is 0 Å². The average molecular weight is 282 g/mol. The Balaban J connectivity index is 2.08. The molecule has 0 radical (unpaired) electrons. The molecule has 0 amide bonds. The summed E-state index contributed by atoms with van der Waals surface area (Å²) in [6.07, 6.45) is 3.69.